The van der Waals surface area contributed by atoms with E-state index in [1.54, 1.807) is 0 Å². The van der Waals surface area contributed by atoms with Gasteiger partial charge in [0.15, 0.2) is 0 Å². The molecule has 1 heterocycles. The number of amides is 1. The third-order valence-electron chi connectivity index (χ3n) is 1.99. The van der Waals surface area contributed by atoms with Gasteiger partial charge in [0.1, 0.15) is 0 Å². The van der Waals surface area contributed by atoms with Crippen molar-refractivity contribution in [3.63, 3.8) is 0 Å². The molecule has 1 fully saturated rings. The van der Waals surface area contributed by atoms with E-state index in [0.29, 0.717) is 24.8 Å². The highest BCUT2D eigenvalue weighted by molar-refractivity contribution is 5.77. The van der Waals surface area contributed by atoms with Crippen molar-refractivity contribution < 1.29 is 10.0 Å². The average Bonchev–Trinajstić information content (AvgIpc) is 2.10. The first-order valence-electron chi connectivity index (χ1n) is 4.09. The first kappa shape index (κ1) is 8.53. The summed E-state index contributed by atoms with van der Waals surface area (Å²) in [5.41, 5.74) is 0. The molecule has 0 saturated carbocycles. The summed E-state index contributed by atoms with van der Waals surface area (Å²) in [6.45, 7) is 4.78. The molecule has 11 heavy (non-hydrogen) atoms. The number of nitrogens with zero attached hydrogens (tertiary/aromatic N) is 1. The van der Waals surface area contributed by atoms with E-state index in [0.717, 1.165) is 11.5 Å². The van der Waals surface area contributed by atoms with Crippen LogP contribution in [0.15, 0.2) is 0 Å². The van der Waals surface area contributed by atoms with Crippen molar-refractivity contribution in [2.24, 2.45) is 11.8 Å². The molecule has 0 aliphatic carbocycles. The largest absolute Gasteiger partial charge is 0.286 e. The number of hydroxylamine groups is 2. The van der Waals surface area contributed by atoms with Crippen molar-refractivity contribution in [3.05, 3.63) is 0 Å². The van der Waals surface area contributed by atoms with Crippen molar-refractivity contribution in [1.29, 1.82) is 0 Å². The smallest absolute Gasteiger partial charge is 0.246 e. The quantitative estimate of drug-likeness (QED) is 0.613. The second-order valence-electron chi connectivity index (χ2n) is 3.68. The van der Waals surface area contributed by atoms with Crippen LogP contribution in [0.1, 0.15) is 26.7 Å². The van der Waals surface area contributed by atoms with E-state index in [2.05, 4.69) is 13.8 Å². The Morgan fingerprint density at radius 1 is 1.73 bits per heavy atom. The molecule has 1 amide bonds. The van der Waals surface area contributed by atoms with E-state index in [1.807, 2.05) is 0 Å². The minimum atomic E-state index is -0.129. The maximum absolute atomic E-state index is 10.8. The zero-order valence-corrected chi connectivity index (χ0v) is 7.08. The van der Waals surface area contributed by atoms with Gasteiger partial charge < -0.3 is 0 Å². The lowest BCUT2D eigenvalue weighted by molar-refractivity contribution is -0.157. The lowest BCUT2D eigenvalue weighted by atomic mass is 9.97. The van der Waals surface area contributed by atoms with Gasteiger partial charge in [-0.1, -0.05) is 13.8 Å². The molecule has 0 bridgehead atoms. The molecular weight excluding hydrogens is 142 g/mol. The SMILES string of the molecule is CC(C)CC1CC(=O)N(O)C1. The highest BCUT2D eigenvalue weighted by Crippen LogP contribution is 2.22. The van der Waals surface area contributed by atoms with Crippen LogP contribution in [0.2, 0.25) is 0 Å². The van der Waals surface area contributed by atoms with Crippen molar-refractivity contribution in [3.8, 4) is 0 Å². The molecule has 1 rings (SSSR count). The molecule has 64 valence electrons. The van der Waals surface area contributed by atoms with Crippen LogP contribution < -0.4 is 0 Å². The number of carbonyl (C=O) groups excluding carboxylic acids is 1. The van der Waals surface area contributed by atoms with Crippen LogP contribution in [0.5, 0.6) is 0 Å². The Balaban J connectivity index is 2.35. The first-order chi connectivity index (χ1) is 5.09. The topological polar surface area (TPSA) is 40.5 Å². The minimum absolute atomic E-state index is 0.129. The van der Waals surface area contributed by atoms with E-state index >= 15 is 0 Å². The molecule has 1 unspecified atom stereocenters. The van der Waals surface area contributed by atoms with Crippen LogP contribution >= 0.6 is 0 Å². The van der Waals surface area contributed by atoms with Gasteiger partial charge in [0.25, 0.3) is 0 Å². The molecular formula is C8H15NO2. The zero-order valence-electron chi connectivity index (χ0n) is 7.08. The highest BCUT2D eigenvalue weighted by atomic mass is 16.5. The Hall–Kier alpha value is -0.570. The van der Waals surface area contributed by atoms with Crippen LogP contribution in [0.25, 0.3) is 0 Å². The Labute approximate surface area is 67.0 Å². The van der Waals surface area contributed by atoms with E-state index < -0.39 is 0 Å². The molecule has 1 N–H and O–H groups in total. The average molecular weight is 157 g/mol. The summed E-state index contributed by atoms with van der Waals surface area (Å²) >= 11 is 0. The summed E-state index contributed by atoms with van der Waals surface area (Å²) in [5.74, 6) is 0.849. The predicted octanol–water partition coefficient (Wildman–Crippen LogP) is 1.27. The Morgan fingerprint density at radius 2 is 2.36 bits per heavy atom. The summed E-state index contributed by atoms with van der Waals surface area (Å²) in [5, 5.41) is 9.81. The fraction of sp³-hybridized carbons (Fsp3) is 0.875. The van der Waals surface area contributed by atoms with E-state index in [1.165, 1.54) is 0 Å². The van der Waals surface area contributed by atoms with Gasteiger partial charge in [-0.15, -0.1) is 0 Å². The zero-order chi connectivity index (χ0) is 8.43. The third kappa shape index (κ3) is 2.19. The van der Waals surface area contributed by atoms with Crippen LogP contribution in [0.4, 0.5) is 0 Å². The van der Waals surface area contributed by atoms with E-state index in [-0.39, 0.29) is 5.91 Å². The second-order valence-corrected chi connectivity index (χ2v) is 3.68. The summed E-state index contributed by atoms with van der Waals surface area (Å²) in [4.78, 5) is 10.8. The standard InChI is InChI=1S/C8H15NO2/c1-6(2)3-7-4-8(10)9(11)5-7/h6-7,11H,3-5H2,1-2H3. The lowest BCUT2D eigenvalue weighted by Gasteiger charge is -2.10. The second kappa shape index (κ2) is 3.22. The van der Waals surface area contributed by atoms with Gasteiger partial charge in [0.05, 0.1) is 6.54 Å². The monoisotopic (exact) mass is 157 g/mol. The highest BCUT2D eigenvalue weighted by Gasteiger charge is 2.28. The first-order valence-corrected chi connectivity index (χ1v) is 4.09. The number of rotatable bonds is 2. The third-order valence-corrected chi connectivity index (χ3v) is 1.99. The van der Waals surface area contributed by atoms with Gasteiger partial charge in [-0.3, -0.25) is 10.0 Å². The fourth-order valence-electron chi connectivity index (χ4n) is 1.59. The maximum atomic E-state index is 10.8. The Bertz CT molecular complexity index is 156. The molecule has 3 heteroatoms. The van der Waals surface area contributed by atoms with Gasteiger partial charge in [-0.05, 0) is 18.3 Å². The maximum Gasteiger partial charge on any atom is 0.246 e. The molecule has 0 aromatic carbocycles. The molecule has 1 atom stereocenters. The minimum Gasteiger partial charge on any atom is -0.286 e. The van der Waals surface area contributed by atoms with Crippen molar-refractivity contribution >= 4 is 5.91 Å². The van der Waals surface area contributed by atoms with E-state index in [9.17, 15) is 4.79 Å². The number of carbonyl (C=O) groups is 1. The van der Waals surface area contributed by atoms with Gasteiger partial charge in [0, 0.05) is 6.42 Å². The van der Waals surface area contributed by atoms with Gasteiger partial charge >= 0.3 is 0 Å². The van der Waals surface area contributed by atoms with Gasteiger partial charge in [0.2, 0.25) is 5.91 Å². The van der Waals surface area contributed by atoms with Crippen molar-refractivity contribution in [1.82, 2.24) is 5.06 Å². The summed E-state index contributed by atoms with van der Waals surface area (Å²) in [6.07, 6.45) is 1.55. The number of hydrogen-bond acceptors (Lipinski definition) is 2. The molecule has 0 radical (unpaired) electrons. The number of hydrogen-bond donors (Lipinski definition) is 1. The van der Waals surface area contributed by atoms with Gasteiger partial charge in [-0.25, -0.2) is 5.06 Å². The molecule has 0 aromatic rings. The predicted molar refractivity (Wildman–Crippen MR) is 41.1 cm³/mol. The molecule has 0 spiro atoms. The molecule has 3 nitrogen and oxygen atoms in total. The van der Waals surface area contributed by atoms with E-state index in [4.69, 9.17) is 5.21 Å². The summed E-state index contributed by atoms with van der Waals surface area (Å²) in [7, 11) is 0. The summed E-state index contributed by atoms with van der Waals surface area (Å²) < 4.78 is 0. The Kier molecular flexibility index (Phi) is 2.49. The molecule has 1 aliphatic rings. The Morgan fingerprint density at radius 3 is 2.73 bits per heavy atom. The molecule has 1 aliphatic heterocycles. The van der Waals surface area contributed by atoms with Crippen LogP contribution in [0, 0.1) is 11.8 Å². The van der Waals surface area contributed by atoms with Crippen molar-refractivity contribution in [2.75, 3.05) is 6.54 Å². The van der Waals surface area contributed by atoms with Gasteiger partial charge in [-0.2, -0.15) is 0 Å². The van der Waals surface area contributed by atoms with Crippen LogP contribution in [-0.4, -0.2) is 22.7 Å². The van der Waals surface area contributed by atoms with Crippen molar-refractivity contribution in [2.45, 2.75) is 26.7 Å². The normalized spacial score (nSPS) is 25.3. The molecule has 0 aromatic heterocycles. The van der Waals surface area contributed by atoms with Crippen LogP contribution in [0.3, 0.4) is 0 Å². The van der Waals surface area contributed by atoms with Crippen LogP contribution in [-0.2, 0) is 4.79 Å². The fourth-order valence-corrected chi connectivity index (χ4v) is 1.59. The lowest BCUT2D eigenvalue weighted by Crippen LogP contribution is -2.20. The molecule has 1 saturated heterocycles. The summed E-state index contributed by atoms with van der Waals surface area (Å²) in [6, 6.07) is 0.